The lowest BCUT2D eigenvalue weighted by atomic mass is 9.97. The van der Waals surface area contributed by atoms with Crippen LogP contribution in [0.4, 0.5) is 5.69 Å². The first-order valence-electron chi connectivity index (χ1n) is 8.21. The van der Waals surface area contributed by atoms with Gasteiger partial charge in [0.15, 0.2) is 5.11 Å². The van der Waals surface area contributed by atoms with Gasteiger partial charge < -0.3 is 5.32 Å². The van der Waals surface area contributed by atoms with Crippen molar-refractivity contribution >= 4 is 28.9 Å². The first-order chi connectivity index (χ1) is 11.4. The van der Waals surface area contributed by atoms with Gasteiger partial charge in [0.05, 0.1) is 0 Å². The molecule has 0 fully saturated rings. The van der Waals surface area contributed by atoms with Crippen molar-refractivity contribution in [3.8, 4) is 0 Å². The Morgan fingerprint density at radius 1 is 1.12 bits per heavy atom. The summed E-state index contributed by atoms with van der Waals surface area (Å²) in [6, 6.07) is 13.7. The van der Waals surface area contributed by atoms with Crippen molar-refractivity contribution in [3.05, 3.63) is 64.7 Å². The fourth-order valence-electron chi connectivity index (χ4n) is 2.47. The molecular weight excluding hydrogens is 316 g/mol. The summed E-state index contributed by atoms with van der Waals surface area (Å²) >= 11 is 5.31. The number of nitrogens with one attached hydrogen (secondary N) is 2. The highest BCUT2D eigenvalue weighted by molar-refractivity contribution is 7.80. The van der Waals surface area contributed by atoms with Crippen molar-refractivity contribution in [2.75, 3.05) is 5.32 Å². The molecular formula is C20H24N2OS. The Labute approximate surface area is 149 Å². The van der Waals surface area contributed by atoms with Crippen molar-refractivity contribution in [1.29, 1.82) is 0 Å². The number of thiocarbonyl (C=S) groups is 1. The molecule has 24 heavy (non-hydrogen) atoms. The molecule has 0 heterocycles. The van der Waals surface area contributed by atoms with E-state index in [0.717, 1.165) is 23.2 Å². The fraction of sp³-hybridized carbons (Fsp3) is 0.300. The van der Waals surface area contributed by atoms with Crippen molar-refractivity contribution in [2.24, 2.45) is 0 Å². The fourth-order valence-corrected chi connectivity index (χ4v) is 2.67. The maximum Gasteiger partial charge on any atom is 0.257 e. The number of benzene rings is 2. The molecule has 3 nitrogen and oxygen atoms in total. The molecule has 2 aromatic carbocycles. The first-order valence-corrected chi connectivity index (χ1v) is 8.61. The van der Waals surface area contributed by atoms with Crippen LogP contribution in [0.25, 0.3) is 0 Å². The third-order valence-electron chi connectivity index (χ3n) is 4.35. The van der Waals surface area contributed by atoms with E-state index in [1.54, 1.807) is 0 Å². The molecule has 1 unspecified atom stereocenters. The molecule has 1 amide bonds. The molecule has 0 aliphatic rings. The zero-order valence-corrected chi connectivity index (χ0v) is 15.5. The van der Waals surface area contributed by atoms with Gasteiger partial charge in [-0.25, -0.2) is 0 Å². The molecule has 0 saturated heterocycles. The molecule has 0 bridgehead atoms. The van der Waals surface area contributed by atoms with Crippen LogP contribution in [0.5, 0.6) is 0 Å². The summed E-state index contributed by atoms with van der Waals surface area (Å²) in [4.78, 5) is 12.3. The van der Waals surface area contributed by atoms with E-state index >= 15 is 0 Å². The molecule has 4 heteroatoms. The maximum atomic E-state index is 12.3. The molecule has 0 aliphatic heterocycles. The maximum absolute atomic E-state index is 12.3. The molecule has 2 aromatic rings. The molecule has 0 radical (unpaired) electrons. The monoisotopic (exact) mass is 340 g/mol. The second-order valence-corrected chi connectivity index (χ2v) is 6.51. The number of carbonyl (C=O) groups is 1. The minimum atomic E-state index is -0.198. The molecule has 0 aliphatic carbocycles. The van der Waals surface area contributed by atoms with E-state index in [0.29, 0.717) is 16.6 Å². The van der Waals surface area contributed by atoms with Crippen LogP contribution in [-0.2, 0) is 0 Å². The van der Waals surface area contributed by atoms with E-state index in [-0.39, 0.29) is 5.91 Å². The predicted octanol–water partition coefficient (Wildman–Crippen LogP) is 4.94. The molecule has 0 aromatic heterocycles. The Hall–Kier alpha value is -2.20. The highest BCUT2D eigenvalue weighted by Gasteiger charge is 2.12. The van der Waals surface area contributed by atoms with Gasteiger partial charge in [-0.3, -0.25) is 10.1 Å². The van der Waals surface area contributed by atoms with Gasteiger partial charge in [0.1, 0.15) is 0 Å². The summed E-state index contributed by atoms with van der Waals surface area (Å²) in [5.41, 5.74) is 5.00. The van der Waals surface area contributed by atoms with E-state index in [9.17, 15) is 4.79 Å². The highest BCUT2D eigenvalue weighted by atomic mass is 32.1. The summed E-state index contributed by atoms with van der Waals surface area (Å²) in [7, 11) is 0. The van der Waals surface area contributed by atoms with Crippen molar-refractivity contribution < 1.29 is 4.79 Å². The largest absolute Gasteiger partial charge is 0.332 e. The van der Waals surface area contributed by atoms with Crippen LogP contribution < -0.4 is 10.6 Å². The van der Waals surface area contributed by atoms with E-state index in [2.05, 4.69) is 30.5 Å². The lowest BCUT2D eigenvalue weighted by molar-refractivity contribution is 0.0977. The Morgan fingerprint density at radius 3 is 2.50 bits per heavy atom. The molecule has 1 atom stereocenters. The number of carbonyl (C=O) groups excluding carboxylic acids is 1. The summed E-state index contributed by atoms with van der Waals surface area (Å²) in [5.74, 6) is 0.226. The number of aryl methyl sites for hydroxylation is 2. The zero-order chi connectivity index (χ0) is 17.7. The van der Waals surface area contributed by atoms with Gasteiger partial charge in [-0.05, 0) is 73.3 Å². The average Bonchev–Trinajstić information content (AvgIpc) is 2.57. The van der Waals surface area contributed by atoms with Crippen LogP contribution in [0, 0.1) is 13.8 Å². The van der Waals surface area contributed by atoms with E-state index in [4.69, 9.17) is 12.2 Å². The summed E-state index contributed by atoms with van der Waals surface area (Å²) in [6.07, 6.45) is 1.04. The number of hydrogen-bond acceptors (Lipinski definition) is 2. The zero-order valence-electron chi connectivity index (χ0n) is 14.6. The standard InChI is InChI=1S/C20H24N2OS/c1-5-13(2)17-8-6-7-9-18(17)21-20(24)22-19(23)16-11-10-14(3)15(4)12-16/h6-13H,5H2,1-4H3,(H2,21,22,23,24). The van der Waals surface area contributed by atoms with Crippen LogP contribution in [0.2, 0.25) is 0 Å². The lowest BCUT2D eigenvalue weighted by Crippen LogP contribution is -2.34. The first kappa shape index (κ1) is 18.1. The second kappa shape index (κ2) is 8.06. The second-order valence-electron chi connectivity index (χ2n) is 6.10. The molecule has 0 saturated carbocycles. The van der Waals surface area contributed by atoms with Gasteiger partial charge in [-0.2, -0.15) is 0 Å². The SMILES string of the molecule is CCC(C)c1ccccc1NC(=S)NC(=O)c1ccc(C)c(C)c1. The van der Waals surface area contributed by atoms with E-state index in [1.165, 1.54) is 5.56 Å². The van der Waals surface area contributed by atoms with Crippen molar-refractivity contribution in [2.45, 2.75) is 40.0 Å². The van der Waals surface area contributed by atoms with E-state index in [1.807, 2.05) is 50.2 Å². The topological polar surface area (TPSA) is 41.1 Å². The van der Waals surface area contributed by atoms with Gasteiger partial charge in [-0.1, -0.05) is 38.1 Å². The summed E-state index contributed by atoms with van der Waals surface area (Å²) in [5, 5.41) is 6.22. The summed E-state index contributed by atoms with van der Waals surface area (Å²) in [6.45, 7) is 8.35. The Morgan fingerprint density at radius 2 is 1.83 bits per heavy atom. The molecule has 2 N–H and O–H groups in total. The molecule has 2 rings (SSSR count). The molecule has 126 valence electrons. The summed E-state index contributed by atoms with van der Waals surface area (Å²) < 4.78 is 0. The average molecular weight is 340 g/mol. The quantitative estimate of drug-likeness (QED) is 0.774. The number of anilines is 1. The third kappa shape index (κ3) is 4.42. The Balaban J connectivity index is 2.08. The number of rotatable bonds is 4. The number of hydrogen-bond donors (Lipinski definition) is 2. The minimum absolute atomic E-state index is 0.198. The number of amides is 1. The highest BCUT2D eigenvalue weighted by Crippen LogP contribution is 2.26. The van der Waals surface area contributed by atoms with Gasteiger partial charge >= 0.3 is 0 Å². The Kier molecular flexibility index (Phi) is 6.10. The van der Waals surface area contributed by atoms with Crippen LogP contribution in [0.15, 0.2) is 42.5 Å². The van der Waals surface area contributed by atoms with Gasteiger partial charge in [0, 0.05) is 11.3 Å². The smallest absolute Gasteiger partial charge is 0.257 e. The van der Waals surface area contributed by atoms with Crippen LogP contribution >= 0.6 is 12.2 Å². The lowest BCUT2D eigenvalue weighted by Gasteiger charge is -2.17. The van der Waals surface area contributed by atoms with Crippen molar-refractivity contribution in [3.63, 3.8) is 0 Å². The van der Waals surface area contributed by atoms with Crippen LogP contribution in [-0.4, -0.2) is 11.0 Å². The van der Waals surface area contributed by atoms with Gasteiger partial charge in [-0.15, -0.1) is 0 Å². The van der Waals surface area contributed by atoms with Gasteiger partial charge in [0.2, 0.25) is 0 Å². The normalized spacial score (nSPS) is 11.7. The third-order valence-corrected chi connectivity index (χ3v) is 4.55. The predicted molar refractivity (Wildman–Crippen MR) is 105 cm³/mol. The van der Waals surface area contributed by atoms with Crippen molar-refractivity contribution in [1.82, 2.24) is 5.32 Å². The van der Waals surface area contributed by atoms with Gasteiger partial charge in [0.25, 0.3) is 5.91 Å². The van der Waals surface area contributed by atoms with E-state index < -0.39 is 0 Å². The van der Waals surface area contributed by atoms with Crippen LogP contribution in [0.3, 0.4) is 0 Å². The molecule has 0 spiro atoms. The Bertz CT molecular complexity index is 755. The minimum Gasteiger partial charge on any atom is -0.332 e. The number of para-hydroxylation sites is 1. The van der Waals surface area contributed by atoms with Crippen LogP contribution in [0.1, 0.15) is 53.2 Å².